The number of hydrogen-bond donors (Lipinski definition) is 0. The Kier molecular flexibility index (Phi) is 6.24. The van der Waals surface area contributed by atoms with Gasteiger partial charge in [-0.2, -0.15) is 26.3 Å². The van der Waals surface area contributed by atoms with Crippen molar-refractivity contribution in [2.75, 3.05) is 19.6 Å². The zero-order valence-electron chi connectivity index (χ0n) is 18.1. The molecule has 2 aliphatic rings. The zero-order chi connectivity index (χ0) is 24.9. The van der Waals surface area contributed by atoms with Gasteiger partial charge in [-0.1, -0.05) is 17.7 Å². The van der Waals surface area contributed by atoms with Crippen LogP contribution in [0.4, 0.5) is 31.1 Å². The van der Waals surface area contributed by atoms with E-state index in [4.69, 9.17) is 0 Å². The first-order chi connectivity index (χ1) is 15.8. The first-order valence-corrected chi connectivity index (χ1v) is 11.5. The third kappa shape index (κ3) is 4.69. The number of likely N-dealkylation sites (tertiary alicyclic amines) is 2. The van der Waals surface area contributed by atoms with Gasteiger partial charge in [-0.15, -0.1) is 11.3 Å². The van der Waals surface area contributed by atoms with Crippen LogP contribution in [0.5, 0.6) is 0 Å². The number of hydrogen-bond acceptors (Lipinski definition) is 4. The summed E-state index contributed by atoms with van der Waals surface area (Å²) < 4.78 is 81.1. The van der Waals surface area contributed by atoms with Gasteiger partial charge in [0.1, 0.15) is 0 Å². The predicted molar refractivity (Wildman–Crippen MR) is 113 cm³/mol. The van der Waals surface area contributed by atoms with Gasteiger partial charge >= 0.3 is 18.4 Å². The molecular weight excluding hydrogens is 486 g/mol. The van der Waals surface area contributed by atoms with Crippen LogP contribution >= 0.6 is 11.3 Å². The van der Waals surface area contributed by atoms with Crippen LogP contribution in [0.2, 0.25) is 0 Å². The molecule has 0 saturated carbocycles. The van der Waals surface area contributed by atoms with E-state index in [0.717, 1.165) is 27.0 Å². The summed E-state index contributed by atoms with van der Waals surface area (Å²) in [6.45, 7) is 2.26. The third-order valence-electron chi connectivity index (χ3n) is 6.49. The van der Waals surface area contributed by atoms with E-state index in [9.17, 15) is 35.9 Å². The molecule has 2 saturated heterocycles. The second-order valence-electron chi connectivity index (χ2n) is 8.77. The Hall–Kier alpha value is -2.50. The van der Waals surface area contributed by atoms with Gasteiger partial charge in [0.05, 0.1) is 4.88 Å². The molecular formula is C22H22F6N2O3S. The normalized spacial score (nSPS) is 18.8. The summed E-state index contributed by atoms with van der Waals surface area (Å²) in [5.41, 5.74) is 0.479. The Morgan fingerprint density at radius 2 is 1.65 bits per heavy atom. The lowest BCUT2D eigenvalue weighted by Gasteiger charge is -2.44. The van der Waals surface area contributed by atoms with Crippen LogP contribution in [0.1, 0.15) is 40.9 Å². The fourth-order valence-corrected chi connectivity index (χ4v) is 5.77. The van der Waals surface area contributed by atoms with Crippen molar-refractivity contribution in [3.8, 4) is 0 Å². The number of rotatable bonds is 2. The number of alkyl halides is 6. The lowest BCUT2D eigenvalue weighted by atomic mass is 9.85. The van der Waals surface area contributed by atoms with Crippen LogP contribution in [0.25, 0.3) is 10.1 Å². The van der Waals surface area contributed by atoms with Crippen molar-refractivity contribution in [2.24, 2.45) is 0 Å². The minimum atomic E-state index is -5.76. The van der Waals surface area contributed by atoms with Crippen LogP contribution in [-0.4, -0.2) is 65.4 Å². The molecule has 1 aromatic carbocycles. The van der Waals surface area contributed by atoms with Crippen molar-refractivity contribution >= 4 is 33.4 Å². The highest BCUT2D eigenvalue weighted by Crippen LogP contribution is 2.41. The average molecular weight is 508 g/mol. The van der Waals surface area contributed by atoms with Gasteiger partial charge in [0.15, 0.2) is 0 Å². The van der Waals surface area contributed by atoms with Crippen LogP contribution in [0.3, 0.4) is 0 Å². The molecule has 1 spiro atoms. The number of piperidine rings is 1. The molecule has 0 atom stereocenters. The molecule has 0 unspecified atom stereocenters. The summed E-state index contributed by atoms with van der Waals surface area (Å²) in [5.74, 6) is -0.151. The first-order valence-electron chi connectivity index (χ1n) is 10.7. The smallest absolute Gasteiger partial charge is 0.426 e. The molecule has 5 nitrogen and oxygen atoms in total. The number of carbonyl (C=O) groups excluding carboxylic acids is 2. The number of thiophene rings is 1. The van der Waals surface area contributed by atoms with Gasteiger partial charge < -0.3 is 14.5 Å². The quantitative estimate of drug-likeness (QED) is 0.474. The van der Waals surface area contributed by atoms with Crippen LogP contribution in [0, 0.1) is 6.92 Å². The molecule has 0 aliphatic carbocycles. The van der Waals surface area contributed by atoms with Crippen molar-refractivity contribution in [3.63, 3.8) is 0 Å². The molecule has 1 aromatic heterocycles. The Bertz CT molecular complexity index is 1070. The van der Waals surface area contributed by atoms with E-state index < -0.39 is 30.1 Å². The number of nitrogens with zero attached hydrogens (tertiary/aromatic N) is 2. The van der Waals surface area contributed by atoms with Crippen molar-refractivity contribution in [1.29, 1.82) is 0 Å². The number of aryl methyl sites for hydroxylation is 1. The summed E-state index contributed by atoms with van der Waals surface area (Å²) in [5, 5.41) is 0.961. The number of carbonyl (C=O) groups is 2. The summed E-state index contributed by atoms with van der Waals surface area (Å²) in [6.07, 6.45) is -15.5. The summed E-state index contributed by atoms with van der Waals surface area (Å²) in [4.78, 5) is 28.6. The Morgan fingerprint density at radius 1 is 1.00 bits per heavy atom. The number of ether oxygens (including phenoxy) is 1. The van der Waals surface area contributed by atoms with Gasteiger partial charge in [0.25, 0.3) is 12.0 Å². The maximum atomic E-state index is 13.3. The predicted octanol–water partition coefficient (Wildman–Crippen LogP) is 5.91. The number of amides is 2. The molecule has 4 rings (SSSR count). The SMILES string of the molecule is Cc1ccc2sc(C(=O)N3CCCC34CCN(C(=O)OC(C(F)(F)F)C(F)(F)F)CC4)cc2c1. The average Bonchev–Trinajstić information content (AvgIpc) is 3.34. The molecule has 2 aromatic rings. The van der Waals surface area contributed by atoms with E-state index in [-0.39, 0.29) is 31.8 Å². The van der Waals surface area contributed by atoms with Crippen LogP contribution < -0.4 is 0 Å². The van der Waals surface area contributed by atoms with Gasteiger partial charge in [-0.05, 0) is 50.1 Å². The molecule has 0 radical (unpaired) electrons. The van der Waals surface area contributed by atoms with Crippen molar-refractivity contribution < 1.29 is 40.7 Å². The molecule has 2 aliphatic heterocycles. The second-order valence-corrected chi connectivity index (χ2v) is 9.85. The van der Waals surface area contributed by atoms with Crippen molar-refractivity contribution in [2.45, 2.75) is 56.6 Å². The fraction of sp³-hybridized carbons (Fsp3) is 0.545. The molecule has 2 amide bonds. The van der Waals surface area contributed by atoms with E-state index in [1.54, 1.807) is 4.90 Å². The molecule has 2 fully saturated rings. The van der Waals surface area contributed by atoms with E-state index in [1.807, 2.05) is 31.2 Å². The molecule has 34 heavy (non-hydrogen) atoms. The number of halogens is 6. The molecule has 3 heterocycles. The molecule has 12 heteroatoms. The van der Waals surface area contributed by atoms with Crippen LogP contribution in [-0.2, 0) is 4.74 Å². The summed E-state index contributed by atoms with van der Waals surface area (Å²) in [6, 6.07) is 7.73. The highest BCUT2D eigenvalue weighted by atomic mass is 32.1. The summed E-state index contributed by atoms with van der Waals surface area (Å²) >= 11 is 1.38. The van der Waals surface area contributed by atoms with E-state index in [1.165, 1.54) is 11.3 Å². The summed E-state index contributed by atoms with van der Waals surface area (Å²) in [7, 11) is 0. The van der Waals surface area contributed by atoms with Crippen molar-refractivity contribution in [3.05, 3.63) is 34.7 Å². The minimum absolute atomic E-state index is 0.101. The van der Waals surface area contributed by atoms with Gasteiger partial charge in [-0.3, -0.25) is 4.79 Å². The minimum Gasteiger partial charge on any atom is -0.426 e. The topological polar surface area (TPSA) is 49.9 Å². The largest absolute Gasteiger partial charge is 0.434 e. The number of fused-ring (bicyclic) bond motifs is 1. The van der Waals surface area contributed by atoms with Crippen molar-refractivity contribution in [1.82, 2.24) is 9.80 Å². The van der Waals surface area contributed by atoms with E-state index >= 15 is 0 Å². The Balaban J connectivity index is 1.45. The Morgan fingerprint density at radius 3 is 2.26 bits per heavy atom. The standard InChI is InChI=1S/C22H22F6N2O3S/c1-13-3-4-15-14(11-13)12-16(34-15)17(31)30-8-2-5-20(30)6-9-29(10-7-20)19(32)33-18(21(23,24)25)22(26,27)28/h3-4,11-12,18H,2,5-10H2,1H3. The highest BCUT2D eigenvalue weighted by molar-refractivity contribution is 7.20. The fourth-order valence-electron chi connectivity index (χ4n) is 4.78. The number of benzene rings is 1. The molecule has 186 valence electrons. The third-order valence-corrected chi connectivity index (χ3v) is 7.59. The second kappa shape index (κ2) is 8.62. The lowest BCUT2D eigenvalue weighted by molar-refractivity contribution is -0.308. The molecule has 0 N–H and O–H groups in total. The highest BCUT2D eigenvalue weighted by Gasteiger charge is 2.60. The first kappa shape index (κ1) is 24.6. The Labute approximate surface area is 195 Å². The lowest BCUT2D eigenvalue weighted by Crippen LogP contribution is -2.56. The maximum absolute atomic E-state index is 13.3. The van der Waals surface area contributed by atoms with Gasteiger partial charge in [-0.25, -0.2) is 4.79 Å². The van der Waals surface area contributed by atoms with Crippen LogP contribution in [0.15, 0.2) is 24.3 Å². The van der Waals surface area contributed by atoms with E-state index in [2.05, 4.69) is 4.74 Å². The zero-order valence-corrected chi connectivity index (χ0v) is 18.9. The van der Waals surface area contributed by atoms with Gasteiger partial charge in [0, 0.05) is 29.9 Å². The maximum Gasteiger partial charge on any atom is 0.434 e. The monoisotopic (exact) mass is 508 g/mol. The molecule has 0 bridgehead atoms. The van der Waals surface area contributed by atoms with E-state index in [0.29, 0.717) is 17.8 Å². The van der Waals surface area contributed by atoms with Gasteiger partial charge in [0.2, 0.25) is 0 Å².